The third kappa shape index (κ3) is 3.11. The molecular formula is C15H15N3O2S2. The van der Waals surface area contributed by atoms with Gasteiger partial charge in [-0.3, -0.25) is 9.89 Å². The first kappa shape index (κ1) is 15.0. The Hall–Kier alpha value is -1.96. The fourth-order valence-corrected chi connectivity index (χ4v) is 3.49. The molecule has 3 rings (SSSR count). The number of H-pyrrole nitrogens is 1. The molecule has 0 saturated carbocycles. The van der Waals surface area contributed by atoms with Gasteiger partial charge in [0.2, 0.25) is 0 Å². The highest BCUT2D eigenvalue weighted by atomic mass is 32.1. The van der Waals surface area contributed by atoms with E-state index in [0.29, 0.717) is 5.69 Å². The van der Waals surface area contributed by atoms with E-state index in [1.54, 1.807) is 24.3 Å². The average molecular weight is 333 g/mol. The summed E-state index contributed by atoms with van der Waals surface area (Å²) < 4.78 is 0. The van der Waals surface area contributed by atoms with Crippen molar-refractivity contribution in [3.63, 3.8) is 0 Å². The molecule has 114 valence electrons. The molecule has 7 heteroatoms. The molecule has 0 bridgehead atoms. The molecule has 0 aliphatic rings. The SMILES string of the molecule is CC(O)(CNC(=O)c1cc(-c2cccs2)[nH]n1)c1ccsc1. The molecular weight excluding hydrogens is 318 g/mol. The van der Waals surface area contributed by atoms with Gasteiger partial charge in [0.05, 0.1) is 17.1 Å². The van der Waals surface area contributed by atoms with E-state index >= 15 is 0 Å². The summed E-state index contributed by atoms with van der Waals surface area (Å²) in [6.45, 7) is 1.81. The number of hydrogen-bond acceptors (Lipinski definition) is 5. The molecule has 5 nitrogen and oxygen atoms in total. The van der Waals surface area contributed by atoms with Crippen molar-refractivity contribution >= 4 is 28.6 Å². The summed E-state index contributed by atoms with van der Waals surface area (Å²) >= 11 is 3.09. The molecule has 3 aromatic heterocycles. The van der Waals surface area contributed by atoms with Gasteiger partial charge >= 0.3 is 0 Å². The van der Waals surface area contributed by atoms with Crippen molar-refractivity contribution in [2.75, 3.05) is 6.54 Å². The third-order valence-electron chi connectivity index (χ3n) is 3.33. The second-order valence-electron chi connectivity index (χ2n) is 5.11. The zero-order valence-electron chi connectivity index (χ0n) is 11.9. The van der Waals surface area contributed by atoms with E-state index in [-0.39, 0.29) is 12.5 Å². The maximum absolute atomic E-state index is 12.1. The lowest BCUT2D eigenvalue weighted by molar-refractivity contribution is 0.0528. The van der Waals surface area contributed by atoms with Crippen LogP contribution in [0, 0.1) is 0 Å². The Kier molecular flexibility index (Phi) is 4.10. The highest BCUT2D eigenvalue weighted by Crippen LogP contribution is 2.24. The fraction of sp³-hybridized carbons (Fsp3) is 0.200. The van der Waals surface area contributed by atoms with Crippen LogP contribution in [0.15, 0.2) is 40.4 Å². The van der Waals surface area contributed by atoms with Crippen molar-refractivity contribution in [1.29, 1.82) is 0 Å². The molecule has 0 radical (unpaired) electrons. The van der Waals surface area contributed by atoms with Gasteiger partial charge in [0, 0.05) is 0 Å². The van der Waals surface area contributed by atoms with E-state index in [4.69, 9.17) is 0 Å². The second-order valence-corrected chi connectivity index (χ2v) is 6.84. The molecule has 3 aromatic rings. The lowest BCUT2D eigenvalue weighted by atomic mass is 9.99. The van der Waals surface area contributed by atoms with Crippen molar-refractivity contribution in [3.8, 4) is 10.6 Å². The molecule has 22 heavy (non-hydrogen) atoms. The van der Waals surface area contributed by atoms with Crippen LogP contribution in [0.1, 0.15) is 23.0 Å². The largest absolute Gasteiger partial charge is 0.384 e. The van der Waals surface area contributed by atoms with E-state index in [9.17, 15) is 9.90 Å². The number of rotatable bonds is 5. The Bertz CT molecular complexity index is 746. The molecule has 0 saturated heterocycles. The summed E-state index contributed by atoms with van der Waals surface area (Å²) in [5.74, 6) is -0.311. The van der Waals surface area contributed by atoms with Crippen molar-refractivity contribution in [2.24, 2.45) is 0 Å². The number of carbonyl (C=O) groups excluding carboxylic acids is 1. The Morgan fingerprint density at radius 2 is 2.32 bits per heavy atom. The average Bonchev–Trinajstić information content (AvgIpc) is 3.26. The third-order valence-corrected chi connectivity index (χ3v) is 4.92. The van der Waals surface area contributed by atoms with E-state index in [0.717, 1.165) is 16.1 Å². The predicted molar refractivity (Wildman–Crippen MR) is 88.1 cm³/mol. The summed E-state index contributed by atoms with van der Waals surface area (Å²) in [5.41, 5.74) is 0.816. The number of nitrogens with one attached hydrogen (secondary N) is 2. The van der Waals surface area contributed by atoms with Gasteiger partial charge in [-0.05, 0) is 46.8 Å². The van der Waals surface area contributed by atoms with Crippen LogP contribution in [0.4, 0.5) is 0 Å². The second kappa shape index (κ2) is 6.04. The number of hydrogen-bond donors (Lipinski definition) is 3. The predicted octanol–water partition coefficient (Wildman–Crippen LogP) is 2.84. The normalized spacial score (nSPS) is 13.7. The van der Waals surface area contributed by atoms with Gasteiger partial charge in [-0.1, -0.05) is 6.07 Å². The Labute approximate surface area is 135 Å². The first-order valence-corrected chi connectivity index (χ1v) is 8.51. The molecule has 3 N–H and O–H groups in total. The molecule has 0 aliphatic heterocycles. The van der Waals surface area contributed by atoms with Gasteiger partial charge < -0.3 is 10.4 Å². The van der Waals surface area contributed by atoms with Gasteiger partial charge in [0.15, 0.2) is 5.69 Å². The molecule has 1 unspecified atom stereocenters. The smallest absolute Gasteiger partial charge is 0.271 e. The van der Waals surface area contributed by atoms with Crippen molar-refractivity contribution in [3.05, 3.63) is 51.7 Å². The molecule has 1 atom stereocenters. The Morgan fingerprint density at radius 3 is 3.00 bits per heavy atom. The quantitative estimate of drug-likeness (QED) is 0.672. The lowest BCUT2D eigenvalue weighted by Gasteiger charge is -2.22. The standard InChI is InChI=1S/C15H15N3O2S2/c1-15(20,10-4-6-21-8-10)9-16-14(19)12-7-11(17-18-12)13-3-2-5-22-13/h2-8,20H,9H2,1H3,(H,16,19)(H,17,18). The number of aromatic nitrogens is 2. The molecule has 0 fully saturated rings. The number of amides is 1. The summed E-state index contributed by atoms with van der Waals surface area (Å²) in [7, 11) is 0. The summed E-state index contributed by atoms with van der Waals surface area (Å²) in [6.07, 6.45) is 0. The zero-order valence-corrected chi connectivity index (χ0v) is 13.5. The highest BCUT2D eigenvalue weighted by Gasteiger charge is 2.25. The number of thiophene rings is 2. The lowest BCUT2D eigenvalue weighted by Crippen LogP contribution is -2.38. The van der Waals surface area contributed by atoms with E-state index in [1.165, 1.54) is 11.3 Å². The molecule has 1 amide bonds. The minimum absolute atomic E-state index is 0.129. The van der Waals surface area contributed by atoms with Crippen LogP contribution >= 0.6 is 22.7 Å². The molecule has 0 spiro atoms. The van der Waals surface area contributed by atoms with Gasteiger partial charge in [-0.15, -0.1) is 11.3 Å². The van der Waals surface area contributed by atoms with Gasteiger partial charge in [0.1, 0.15) is 5.60 Å². The van der Waals surface area contributed by atoms with Gasteiger partial charge in [-0.25, -0.2) is 0 Å². The Morgan fingerprint density at radius 1 is 1.45 bits per heavy atom. The van der Waals surface area contributed by atoms with E-state index in [1.807, 2.05) is 34.3 Å². The van der Waals surface area contributed by atoms with Crippen LogP contribution in [-0.2, 0) is 5.60 Å². The first-order valence-electron chi connectivity index (χ1n) is 6.69. The minimum atomic E-state index is -1.09. The topological polar surface area (TPSA) is 78.0 Å². The van der Waals surface area contributed by atoms with E-state index < -0.39 is 5.60 Å². The zero-order chi connectivity index (χ0) is 15.6. The number of carbonyl (C=O) groups is 1. The van der Waals surface area contributed by atoms with Crippen LogP contribution in [0.5, 0.6) is 0 Å². The van der Waals surface area contributed by atoms with Crippen molar-refractivity contribution < 1.29 is 9.90 Å². The fourth-order valence-electron chi connectivity index (χ4n) is 2.01. The number of aliphatic hydroxyl groups is 1. The van der Waals surface area contributed by atoms with Crippen LogP contribution in [0.2, 0.25) is 0 Å². The molecule has 0 aromatic carbocycles. The van der Waals surface area contributed by atoms with Crippen LogP contribution in [0.25, 0.3) is 10.6 Å². The van der Waals surface area contributed by atoms with Crippen LogP contribution < -0.4 is 5.32 Å². The summed E-state index contributed by atoms with van der Waals surface area (Å²) in [4.78, 5) is 13.2. The van der Waals surface area contributed by atoms with Crippen LogP contribution in [-0.4, -0.2) is 27.8 Å². The number of nitrogens with zero attached hydrogens (tertiary/aromatic N) is 1. The number of aromatic amines is 1. The monoisotopic (exact) mass is 333 g/mol. The van der Waals surface area contributed by atoms with Crippen molar-refractivity contribution in [1.82, 2.24) is 15.5 Å². The van der Waals surface area contributed by atoms with Gasteiger partial charge in [-0.2, -0.15) is 16.4 Å². The van der Waals surface area contributed by atoms with E-state index in [2.05, 4.69) is 15.5 Å². The molecule has 0 aliphatic carbocycles. The van der Waals surface area contributed by atoms with Crippen molar-refractivity contribution in [2.45, 2.75) is 12.5 Å². The van der Waals surface area contributed by atoms with Crippen LogP contribution in [0.3, 0.4) is 0 Å². The maximum Gasteiger partial charge on any atom is 0.271 e. The maximum atomic E-state index is 12.1. The molecule has 3 heterocycles. The first-order chi connectivity index (χ1) is 10.6. The summed E-state index contributed by atoms with van der Waals surface area (Å²) in [6, 6.07) is 7.46. The highest BCUT2D eigenvalue weighted by molar-refractivity contribution is 7.13. The van der Waals surface area contributed by atoms with Gasteiger partial charge in [0.25, 0.3) is 5.91 Å². The Balaban J connectivity index is 1.65. The summed E-state index contributed by atoms with van der Waals surface area (Å²) in [5, 5.41) is 25.7. The minimum Gasteiger partial charge on any atom is -0.384 e.